The first-order chi connectivity index (χ1) is 11.1. The average Bonchev–Trinajstić information content (AvgIpc) is 2.97. The summed E-state index contributed by atoms with van der Waals surface area (Å²) in [5.41, 5.74) is 0.420. The van der Waals surface area contributed by atoms with Crippen molar-refractivity contribution in [2.45, 2.75) is 19.9 Å². The van der Waals surface area contributed by atoms with E-state index in [-0.39, 0.29) is 17.9 Å². The molecule has 2 heterocycles. The van der Waals surface area contributed by atoms with Crippen LogP contribution in [-0.2, 0) is 7.05 Å². The van der Waals surface area contributed by atoms with E-state index < -0.39 is 0 Å². The van der Waals surface area contributed by atoms with E-state index in [0.717, 1.165) is 16.6 Å². The zero-order valence-corrected chi connectivity index (χ0v) is 13.5. The van der Waals surface area contributed by atoms with Crippen LogP contribution in [0.1, 0.15) is 36.2 Å². The van der Waals surface area contributed by atoms with Crippen LogP contribution in [0.15, 0.2) is 48.9 Å². The number of benzene rings is 1. The second kappa shape index (κ2) is 6.20. The summed E-state index contributed by atoms with van der Waals surface area (Å²) in [6.45, 7) is 4.13. The molecule has 0 spiro atoms. The minimum atomic E-state index is -0.183. The molecule has 0 saturated heterocycles. The lowest BCUT2D eigenvalue weighted by atomic mass is 10.0. The number of carbonyl (C=O) groups excluding carboxylic acids is 1. The van der Waals surface area contributed by atoms with Crippen LogP contribution in [0, 0.1) is 5.92 Å². The van der Waals surface area contributed by atoms with Crippen LogP contribution in [0.5, 0.6) is 0 Å². The second-order valence-electron chi connectivity index (χ2n) is 6.01. The highest BCUT2D eigenvalue weighted by Crippen LogP contribution is 2.20. The Morgan fingerprint density at radius 1 is 1.17 bits per heavy atom. The van der Waals surface area contributed by atoms with Gasteiger partial charge >= 0.3 is 0 Å². The van der Waals surface area contributed by atoms with Crippen molar-refractivity contribution in [2.75, 3.05) is 0 Å². The maximum atomic E-state index is 12.6. The summed E-state index contributed by atoms with van der Waals surface area (Å²) >= 11 is 0. The van der Waals surface area contributed by atoms with Gasteiger partial charge in [-0.1, -0.05) is 38.1 Å². The first kappa shape index (κ1) is 15.2. The van der Waals surface area contributed by atoms with Gasteiger partial charge in [-0.05, 0) is 17.4 Å². The number of aryl methyl sites for hydroxylation is 1. The van der Waals surface area contributed by atoms with Gasteiger partial charge in [0.25, 0.3) is 5.91 Å². The predicted octanol–water partition coefficient (Wildman–Crippen LogP) is 3.10. The predicted molar refractivity (Wildman–Crippen MR) is 90.0 cm³/mol. The number of carbonyl (C=O) groups is 1. The van der Waals surface area contributed by atoms with Crippen molar-refractivity contribution in [1.29, 1.82) is 0 Å². The number of fused-ring (bicyclic) bond motifs is 1. The van der Waals surface area contributed by atoms with E-state index in [9.17, 15) is 4.79 Å². The molecule has 3 rings (SSSR count). The molecule has 0 fully saturated rings. The Morgan fingerprint density at radius 2 is 1.91 bits per heavy atom. The summed E-state index contributed by atoms with van der Waals surface area (Å²) in [7, 11) is 1.93. The number of amides is 1. The molecular weight excluding hydrogens is 288 g/mol. The molecule has 1 amide bonds. The van der Waals surface area contributed by atoms with Gasteiger partial charge < -0.3 is 9.88 Å². The number of rotatable bonds is 4. The Labute approximate surface area is 135 Å². The van der Waals surface area contributed by atoms with Gasteiger partial charge in [0.15, 0.2) is 0 Å². The standard InChI is InChI=1S/C18H20N4O/c1-12(2)16(17-19-8-9-22(17)3)21-18(23)15-10-13-6-4-5-7-14(13)11-20-15/h4-12,16H,1-3H3,(H,21,23)/t16-/m0/s1. The fraction of sp³-hybridized carbons (Fsp3) is 0.278. The summed E-state index contributed by atoms with van der Waals surface area (Å²) in [6.07, 6.45) is 5.35. The van der Waals surface area contributed by atoms with E-state index in [4.69, 9.17) is 0 Å². The Morgan fingerprint density at radius 3 is 2.57 bits per heavy atom. The number of hydrogen-bond acceptors (Lipinski definition) is 3. The molecule has 0 aliphatic heterocycles. The maximum Gasteiger partial charge on any atom is 0.270 e. The van der Waals surface area contributed by atoms with Crippen molar-refractivity contribution >= 4 is 16.7 Å². The minimum Gasteiger partial charge on any atom is -0.340 e. The quantitative estimate of drug-likeness (QED) is 0.805. The van der Waals surface area contributed by atoms with Crippen LogP contribution in [-0.4, -0.2) is 20.4 Å². The number of nitrogens with one attached hydrogen (secondary N) is 1. The van der Waals surface area contributed by atoms with Crippen molar-refractivity contribution in [3.05, 3.63) is 60.4 Å². The Bertz CT molecular complexity index is 838. The fourth-order valence-electron chi connectivity index (χ4n) is 2.63. The molecule has 3 aromatic rings. The fourth-order valence-corrected chi connectivity index (χ4v) is 2.63. The molecule has 0 unspecified atom stereocenters. The van der Waals surface area contributed by atoms with Crippen molar-refractivity contribution in [3.8, 4) is 0 Å². The summed E-state index contributed by atoms with van der Waals surface area (Å²) in [6, 6.07) is 9.53. The third kappa shape index (κ3) is 3.08. The highest BCUT2D eigenvalue weighted by molar-refractivity contribution is 5.96. The second-order valence-corrected chi connectivity index (χ2v) is 6.01. The molecule has 118 valence electrons. The lowest BCUT2D eigenvalue weighted by Gasteiger charge is -2.22. The summed E-state index contributed by atoms with van der Waals surface area (Å²) in [4.78, 5) is 21.2. The van der Waals surface area contributed by atoms with Gasteiger partial charge in [0.05, 0.1) is 6.04 Å². The number of imidazole rings is 1. The Kier molecular flexibility index (Phi) is 4.10. The monoisotopic (exact) mass is 308 g/mol. The van der Waals surface area contributed by atoms with Gasteiger partial charge in [0, 0.05) is 31.0 Å². The molecule has 0 saturated carbocycles. The molecule has 1 aromatic carbocycles. The van der Waals surface area contributed by atoms with Crippen LogP contribution in [0.25, 0.3) is 10.8 Å². The molecule has 5 nitrogen and oxygen atoms in total. The highest BCUT2D eigenvalue weighted by Gasteiger charge is 2.23. The van der Waals surface area contributed by atoms with Crippen molar-refractivity contribution in [2.24, 2.45) is 13.0 Å². The first-order valence-electron chi connectivity index (χ1n) is 7.69. The average molecular weight is 308 g/mol. The van der Waals surface area contributed by atoms with Crippen LogP contribution < -0.4 is 5.32 Å². The molecule has 23 heavy (non-hydrogen) atoms. The van der Waals surface area contributed by atoms with Gasteiger partial charge in [-0.25, -0.2) is 4.98 Å². The van der Waals surface area contributed by atoms with Crippen LogP contribution in [0.3, 0.4) is 0 Å². The topological polar surface area (TPSA) is 59.8 Å². The molecule has 0 aliphatic rings. The molecule has 1 N–H and O–H groups in total. The van der Waals surface area contributed by atoms with Crippen molar-refractivity contribution in [3.63, 3.8) is 0 Å². The van der Waals surface area contributed by atoms with E-state index in [0.29, 0.717) is 5.69 Å². The number of aromatic nitrogens is 3. The van der Waals surface area contributed by atoms with Crippen LogP contribution in [0.2, 0.25) is 0 Å². The molecule has 0 radical (unpaired) electrons. The van der Waals surface area contributed by atoms with E-state index >= 15 is 0 Å². The molecule has 0 aliphatic carbocycles. The lowest BCUT2D eigenvalue weighted by molar-refractivity contribution is 0.0917. The van der Waals surface area contributed by atoms with Crippen molar-refractivity contribution < 1.29 is 4.79 Å². The summed E-state index contributed by atoms with van der Waals surface area (Å²) in [5, 5.41) is 5.08. The highest BCUT2D eigenvalue weighted by atomic mass is 16.1. The van der Waals surface area contributed by atoms with Crippen LogP contribution >= 0.6 is 0 Å². The number of hydrogen-bond donors (Lipinski definition) is 1. The largest absolute Gasteiger partial charge is 0.340 e. The van der Waals surface area contributed by atoms with Gasteiger partial charge in [-0.2, -0.15) is 0 Å². The lowest BCUT2D eigenvalue weighted by Crippen LogP contribution is -2.33. The van der Waals surface area contributed by atoms with E-state index in [1.165, 1.54) is 0 Å². The summed E-state index contributed by atoms with van der Waals surface area (Å²) < 4.78 is 1.93. The van der Waals surface area contributed by atoms with Crippen molar-refractivity contribution in [1.82, 2.24) is 19.9 Å². The number of pyridine rings is 1. The molecule has 0 bridgehead atoms. The zero-order chi connectivity index (χ0) is 16.4. The SMILES string of the molecule is CC(C)[C@H](NC(=O)c1cc2ccccc2cn1)c1nccn1C. The smallest absolute Gasteiger partial charge is 0.270 e. The van der Waals surface area contributed by atoms with Gasteiger partial charge in [-0.3, -0.25) is 9.78 Å². The molecule has 5 heteroatoms. The van der Waals surface area contributed by atoms with E-state index in [1.807, 2.05) is 48.1 Å². The van der Waals surface area contributed by atoms with E-state index in [1.54, 1.807) is 12.4 Å². The Hall–Kier alpha value is -2.69. The summed E-state index contributed by atoms with van der Waals surface area (Å²) in [5.74, 6) is 0.882. The molecule has 1 atom stereocenters. The van der Waals surface area contributed by atoms with Crippen LogP contribution in [0.4, 0.5) is 0 Å². The van der Waals surface area contributed by atoms with E-state index in [2.05, 4.69) is 29.1 Å². The third-order valence-corrected chi connectivity index (χ3v) is 3.95. The molecular formula is C18H20N4O. The molecule has 2 aromatic heterocycles. The van der Waals surface area contributed by atoms with Gasteiger partial charge in [-0.15, -0.1) is 0 Å². The van der Waals surface area contributed by atoms with Gasteiger partial charge in [0.1, 0.15) is 11.5 Å². The maximum absolute atomic E-state index is 12.6. The number of nitrogens with zero attached hydrogens (tertiary/aromatic N) is 3. The first-order valence-corrected chi connectivity index (χ1v) is 7.69. The third-order valence-electron chi connectivity index (χ3n) is 3.95. The van der Waals surface area contributed by atoms with Gasteiger partial charge in [0.2, 0.25) is 0 Å². The zero-order valence-electron chi connectivity index (χ0n) is 13.5. The Balaban J connectivity index is 1.87. The minimum absolute atomic E-state index is 0.157. The normalized spacial score (nSPS) is 12.5.